The molecule has 0 saturated heterocycles. The smallest absolute Gasteiger partial charge is 0.139 e. The number of benzene rings is 2. The topological polar surface area (TPSA) is 13.1 Å². The van der Waals surface area contributed by atoms with Crippen molar-refractivity contribution in [2.24, 2.45) is 0 Å². The van der Waals surface area contributed by atoms with Crippen LogP contribution in [0.1, 0.15) is 72.3 Å². The van der Waals surface area contributed by atoms with E-state index in [1.54, 1.807) is 0 Å². The number of furan rings is 1. The Morgan fingerprint density at radius 3 is 2.70 bits per heavy atom. The molecule has 0 amide bonds. The molecule has 3 aromatic rings. The molecule has 1 nitrogen and oxygen atoms in total. The summed E-state index contributed by atoms with van der Waals surface area (Å²) in [5.74, 6) is -6.06. The Morgan fingerprint density at radius 1 is 1.20 bits per heavy atom. The molecule has 1 unspecified atom stereocenters. The molecule has 0 aliphatic rings. The van der Waals surface area contributed by atoms with E-state index < -0.39 is 99.2 Å². The van der Waals surface area contributed by atoms with Gasteiger partial charge in [-0.15, -0.1) is 0 Å². The zero-order valence-electron chi connectivity index (χ0n) is 26.3. The van der Waals surface area contributed by atoms with Crippen LogP contribution in [0.2, 0.25) is 0 Å². The van der Waals surface area contributed by atoms with E-state index in [-0.39, 0.29) is 0 Å². The molecule has 0 bridgehead atoms. The number of rotatable bonds is 2. The van der Waals surface area contributed by atoms with E-state index in [1.165, 1.54) is 22.6 Å². The van der Waals surface area contributed by atoms with Crippen LogP contribution in [0.25, 0.3) is 21.9 Å². The molecule has 2 aromatic carbocycles. The van der Waals surface area contributed by atoms with E-state index in [9.17, 15) is 0 Å². The summed E-state index contributed by atoms with van der Waals surface area (Å²) in [4.78, 5) is 0. The van der Waals surface area contributed by atoms with Gasteiger partial charge in [-0.1, -0.05) is 45.6 Å². The lowest BCUT2D eigenvalue weighted by atomic mass is 9.93. The zero-order chi connectivity index (χ0) is 28.1. The Balaban J connectivity index is 2.84. The Labute approximate surface area is 156 Å². The second-order valence-electron chi connectivity index (χ2n) is 4.20. The maximum Gasteiger partial charge on any atom is 0.139 e. The van der Waals surface area contributed by atoms with Crippen molar-refractivity contribution in [1.29, 1.82) is 0 Å². The van der Waals surface area contributed by atoms with Crippen LogP contribution < -0.4 is 0 Å². The number of fused-ring (bicyclic) bond motifs is 3. The first-order chi connectivity index (χ1) is 15.9. The largest absolute Gasteiger partial charge is 0.456 e. The fourth-order valence-corrected chi connectivity index (χ4v) is 3.08. The van der Waals surface area contributed by atoms with Crippen molar-refractivity contribution in [2.75, 3.05) is 0 Å². The number of hydrogen-bond acceptors (Lipinski definition) is 1. The highest BCUT2D eigenvalue weighted by Crippen LogP contribution is 2.40. The van der Waals surface area contributed by atoms with Crippen LogP contribution in [-0.4, -0.2) is 0 Å². The SMILES string of the molecule is [2H]c1c([2H])c([2H])c2c(oc3c(C([2H])(C)C([2H])([2H])[2H])c(I)c(C([2H])(C([2H])([2H])[2H])C([2H])([2H])[2H])c([2H])c32)c1[2H]. The number of hydrogen-bond donors (Lipinski definition) is 0. The fourth-order valence-electron chi connectivity index (χ4n) is 2.03. The minimum Gasteiger partial charge on any atom is -0.456 e. The lowest BCUT2D eigenvalue weighted by Gasteiger charge is -2.16. The second kappa shape index (κ2) is 5.06. The van der Waals surface area contributed by atoms with Gasteiger partial charge in [0.05, 0.1) is 6.85 Å². The second-order valence-corrected chi connectivity index (χ2v) is 5.28. The molecule has 0 spiro atoms. The molecular weight excluding hydrogens is 359 g/mol. The quantitative estimate of drug-likeness (QED) is 0.456. The molecule has 0 radical (unpaired) electrons. The predicted octanol–water partition coefficient (Wildman–Crippen LogP) is 6.44. The summed E-state index contributed by atoms with van der Waals surface area (Å²) in [6.45, 7) is -9.27. The molecule has 1 aromatic heterocycles. The van der Waals surface area contributed by atoms with Gasteiger partial charge in [0.25, 0.3) is 0 Å². The molecule has 20 heavy (non-hydrogen) atoms. The molecule has 1 atom stereocenters. The highest BCUT2D eigenvalue weighted by atomic mass is 127. The maximum absolute atomic E-state index is 8.80. The van der Waals surface area contributed by atoms with Gasteiger partial charge < -0.3 is 4.42 Å². The summed E-state index contributed by atoms with van der Waals surface area (Å²) in [5.41, 5.74) is -2.45. The van der Waals surface area contributed by atoms with Gasteiger partial charge >= 0.3 is 0 Å². The normalized spacial score (nSPS) is 29.1. The summed E-state index contributed by atoms with van der Waals surface area (Å²) in [5, 5.41) is -0.921. The van der Waals surface area contributed by atoms with Gasteiger partial charge in [0.15, 0.2) is 0 Å². The number of para-hydroxylation sites is 1. The summed E-state index contributed by atoms with van der Waals surface area (Å²) >= 11 is 1.40. The van der Waals surface area contributed by atoms with E-state index in [2.05, 4.69) is 0 Å². The lowest BCUT2D eigenvalue weighted by molar-refractivity contribution is 0.655. The fraction of sp³-hybridized carbons (Fsp3) is 0.333. The van der Waals surface area contributed by atoms with Crippen LogP contribution in [0, 0.1) is 3.57 Å². The van der Waals surface area contributed by atoms with Gasteiger partial charge in [0.2, 0.25) is 0 Å². The Morgan fingerprint density at radius 2 is 1.95 bits per heavy atom. The van der Waals surface area contributed by atoms with Crippen molar-refractivity contribution in [3.05, 3.63) is 44.9 Å². The van der Waals surface area contributed by atoms with E-state index in [1.807, 2.05) is 0 Å². The van der Waals surface area contributed by atoms with Crippen molar-refractivity contribution in [3.63, 3.8) is 0 Å². The molecule has 2 heteroatoms. The van der Waals surface area contributed by atoms with Crippen LogP contribution in [0.15, 0.2) is 34.6 Å². The third-order valence-corrected chi connectivity index (χ3v) is 3.95. The average Bonchev–Trinajstić information content (AvgIpc) is 3.08. The highest BCUT2D eigenvalue weighted by molar-refractivity contribution is 14.1. The summed E-state index contributed by atoms with van der Waals surface area (Å²) < 4.78 is 135. The molecule has 1 heterocycles. The molecule has 0 aliphatic heterocycles. The number of halogens is 1. The maximum atomic E-state index is 8.80. The lowest BCUT2D eigenvalue weighted by Crippen LogP contribution is -2.00. The first-order valence-electron chi connectivity index (χ1n) is 13.6. The van der Waals surface area contributed by atoms with Crippen LogP contribution in [0.5, 0.6) is 0 Å². The van der Waals surface area contributed by atoms with Gasteiger partial charge in [-0.3, -0.25) is 0 Å². The van der Waals surface area contributed by atoms with Gasteiger partial charge in [-0.05, 0) is 52.0 Å². The van der Waals surface area contributed by atoms with E-state index in [0.29, 0.717) is 0 Å². The molecule has 104 valence electrons. The van der Waals surface area contributed by atoms with Crippen molar-refractivity contribution in [2.45, 2.75) is 39.3 Å². The minimum absolute atomic E-state index is 0.417. The van der Waals surface area contributed by atoms with Crippen molar-refractivity contribution < 1.29 is 26.3 Å². The average molecular weight is 394 g/mol. The van der Waals surface area contributed by atoms with Crippen molar-refractivity contribution in [1.82, 2.24) is 0 Å². The Hall–Kier alpha value is -1.03. The summed E-state index contributed by atoms with van der Waals surface area (Å²) in [6, 6.07) is -3.68. The van der Waals surface area contributed by atoms with Crippen LogP contribution in [0.3, 0.4) is 0 Å². The van der Waals surface area contributed by atoms with Gasteiger partial charge in [-0.2, -0.15) is 0 Å². The molecule has 0 N–H and O–H groups in total. The third-order valence-electron chi connectivity index (χ3n) is 2.88. The van der Waals surface area contributed by atoms with E-state index in [4.69, 9.17) is 26.3 Å². The third kappa shape index (κ3) is 2.05. The van der Waals surface area contributed by atoms with E-state index in [0.717, 1.165) is 6.92 Å². The molecule has 3 rings (SSSR count). The van der Waals surface area contributed by atoms with Crippen molar-refractivity contribution >= 4 is 44.5 Å². The molecule has 0 fully saturated rings. The van der Waals surface area contributed by atoms with Gasteiger partial charge in [0, 0.05) is 35.0 Å². The first kappa shape index (κ1) is 4.48. The zero-order valence-corrected chi connectivity index (χ0v) is 12.4. The molecular formula is C18H19IO. The van der Waals surface area contributed by atoms with Gasteiger partial charge in [0.1, 0.15) is 11.2 Å². The Bertz CT molecular complexity index is 1380. The summed E-state index contributed by atoms with van der Waals surface area (Å²) in [6.07, 6.45) is 0. The van der Waals surface area contributed by atoms with Crippen molar-refractivity contribution in [3.8, 4) is 0 Å². The Kier molecular flexibility index (Phi) is 1.13. The standard InChI is InChI=1S/C18H19IO/c1-10(2)13-9-14-12-7-5-6-8-15(12)20-18(14)16(11(3)4)17(13)19/h5-11H,1-4H3/i1D3,2D3,3D3,5D,6D,7D,8D,9D,10D,11D. The van der Waals surface area contributed by atoms with Crippen LogP contribution in [-0.2, 0) is 0 Å². The monoisotopic (exact) mass is 394 g/mol. The molecule has 0 aliphatic carbocycles. The van der Waals surface area contributed by atoms with E-state index >= 15 is 0 Å². The first-order valence-corrected chi connectivity index (χ1v) is 6.68. The highest BCUT2D eigenvalue weighted by Gasteiger charge is 2.20. The molecule has 0 saturated carbocycles. The minimum atomic E-state index is -3.56. The van der Waals surface area contributed by atoms with Gasteiger partial charge in [-0.25, -0.2) is 0 Å². The van der Waals surface area contributed by atoms with Crippen LogP contribution >= 0.6 is 22.6 Å². The van der Waals surface area contributed by atoms with Crippen LogP contribution in [0.4, 0.5) is 0 Å². The predicted molar refractivity (Wildman–Crippen MR) is 94.6 cm³/mol. The summed E-state index contributed by atoms with van der Waals surface area (Å²) in [7, 11) is 0.